The summed E-state index contributed by atoms with van der Waals surface area (Å²) in [4.78, 5) is 0. The Morgan fingerprint density at radius 2 is 1.83 bits per heavy atom. The van der Waals surface area contributed by atoms with Crippen molar-refractivity contribution in [1.82, 2.24) is 0 Å². The van der Waals surface area contributed by atoms with Crippen molar-refractivity contribution < 1.29 is 8.63 Å². The van der Waals surface area contributed by atoms with Gasteiger partial charge >= 0.3 is 0 Å². The van der Waals surface area contributed by atoms with Gasteiger partial charge in [0.2, 0.25) is 0 Å². The second-order valence-electron chi connectivity index (χ2n) is 7.48. The monoisotopic (exact) mass is 288 g/mol. The van der Waals surface area contributed by atoms with Crippen molar-refractivity contribution in [2.45, 2.75) is 81.9 Å². The molecule has 2 aliphatic rings. The zero-order valence-corrected chi connectivity index (χ0v) is 14.4. The van der Waals surface area contributed by atoms with Crippen LogP contribution in [0.4, 0.5) is 0 Å². The minimum atomic E-state index is -1.73. The summed E-state index contributed by atoms with van der Waals surface area (Å²) in [5.41, 5.74) is 0. The molecular formula is C14H28O2SSi. The molecule has 1 spiro atoms. The van der Waals surface area contributed by atoms with Crippen molar-refractivity contribution in [3.63, 3.8) is 0 Å². The van der Waals surface area contributed by atoms with Crippen molar-refractivity contribution in [3.05, 3.63) is 0 Å². The van der Waals surface area contributed by atoms with E-state index in [-0.39, 0.29) is 15.9 Å². The van der Waals surface area contributed by atoms with E-state index in [0.717, 1.165) is 31.4 Å². The quantitative estimate of drug-likeness (QED) is 0.722. The summed E-state index contributed by atoms with van der Waals surface area (Å²) >= 11 is 0. The van der Waals surface area contributed by atoms with Crippen LogP contribution in [0, 0.1) is 0 Å². The third-order valence-electron chi connectivity index (χ3n) is 5.28. The van der Waals surface area contributed by atoms with Gasteiger partial charge in [-0.2, -0.15) is 0 Å². The standard InChI is InChI=1S/C14H28O2SSi/c1-13(2,3)18(4,5)16-12-8-6-9-14(12)10-7-11-17(14)15/h12H,6-11H2,1-5H3/t12-,14-,17?/m0/s1. The molecule has 2 rings (SSSR count). The van der Waals surface area contributed by atoms with Gasteiger partial charge in [-0.15, -0.1) is 0 Å². The van der Waals surface area contributed by atoms with Gasteiger partial charge < -0.3 is 4.43 Å². The van der Waals surface area contributed by atoms with Crippen LogP contribution in [-0.4, -0.2) is 29.1 Å². The van der Waals surface area contributed by atoms with Crippen LogP contribution in [0.25, 0.3) is 0 Å². The van der Waals surface area contributed by atoms with Crippen LogP contribution in [0.2, 0.25) is 18.1 Å². The second-order valence-corrected chi connectivity index (χ2v) is 14.1. The molecule has 3 atom stereocenters. The fourth-order valence-electron chi connectivity index (χ4n) is 3.08. The first-order valence-electron chi connectivity index (χ1n) is 7.25. The van der Waals surface area contributed by atoms with E-state index in [1.54, 1.807) is 0 Å². The van der Waals surface area contributed by atoms with Crippen molar-refractivity contribution in [3.8, 4) is 0 Å². The van der Waals surface area contributed by atoms with Crippen LogP contribution < -0.4 is 0 Å². The fraction of sp³-hybridized carbons (Fsp3) is 1.00. The maximum absolute atomic E-state index is 12.4. The zero-order valence-electron chi connectivity index (χ0n) is 12.5. The Bertz CT molecular complexity index is 344. The highest BCUT2D eigenvalue weighted by atomic mass is 32.2. The van der Waals surface area contributed by atoms with E-state index < -0.39 is 19.1 Å². The minimum absolute atomic E-state index is 0.0233. The molecule has 0 bridgehead atoms. The van der Waals surface area contributed by atoms with Crippen molar-refractivity contribution in [2.24, 2.45) is 0 Å². The first kappa shape index (κ1) is 14.7. The Balaban J connectivity index is 2.17. The van der Waals surface area contributed by atoms with Gasteiger partial charge in [-0.25, -0.2) is 0 Å². The highest BCUT2D eigenvalue weighted by molar-refractivity contribution is 7.86. The van der Waals surface area contributed by atoms with Gasteiger partial charge in [-0.1, -0.05) is 20.8 Å². The average Bonchev–Trinajstić information content (AvgIpc) is 2.76. The summed E-state index contributed by atoms with van der Waals surface area (Å²) in [6.45, 7) is 11.5. The molecule has 0 N–H and O–H groups in total. The molecule has 0 radical (unpaired) electrons. The lowest BCUT2D eigenvalue weighted by Gasteiger charge is -2.42. The minimum Gasteiger partial charge on any atom is -0.412 e. The third-order valence-corrected chi connectivity index (χ3v) is 12.0. The SMILES string of the molecule is CC(C)(C)[Si](C)(C)O[C@H]1CCC[C@]12CCCS2=O. The van der Waals surface area contributed by atoms with Gasteiger partial charge in [0.25, 0.3) is 0 Å². The van der Waals surface area contributed by atoms with Crippen molar-refractivity contribution >= 4 is 19.1 Å². The van der Waals surface area contributed by atoms with Crippen LogP contribution in [0.15, 0.2) is 0 Å². The molecule has 0 aromatic rings. The molecule has 0 aromatic heterocycles. The number of hydrogen-bond acceptors (Lipinski definition) is 2. The summed E-state index contributed by atoms with van der Waals surface area (Å²) in [6, 6.07) is 0. The summed E-state index contributed by atoms with van der Waals surface area (Å²) in [5.74, 6) is 0.900. The van der Waals surface area contributed by atoms with E-state index >= 15 is 0 Å². The molecule has 0 amide bonds. The van der Waals surface area contributed by atoms with Gasteiger partial charge in [-0.3, -0.25) is 4.21 Å². The van der Waals surface area contributed by atoms with Gasteiger partial charge in [0.05, 0.1) is 10.9 Å². The predicted molar refractivity (Wildman–Crippen MR) is 80.9 cm³/mol. The molecule has 18 heavy (non-hydrogen) atoms. The Morgan fingerprint density at radius 1 is 1.22 bits per heavy atom. The Kier molecular flexibility index (Phi) is 3.85. The Labute approximate surface area is 115 Å². The molecule has 1 saturated carbocycles. The molecule has 1 saturated heterocycles. The Morgan fingerprint density at radius 3 is 2.33 bits per heavy atom. The molecule has 2 fully saturated rings. The summed E-state index contributed by atoms with van der Waals surface area (Å²) in [7, 11) is -2.38. The van der Waals surface area contributed by atoms with E-state index in [9.17, 15) is 4.21 Å². The van der Waals surface area contributed by atoms with E-state index in [0.29, 0.717) is 0 Å². The van der Waals surface area contributed by atoms with Crippen molar-refractivity contribution in [1.29, 1.82) is 0 Å². The van der Waals surface area contributed by atoms with E-state index in [4.69, 9.17) is 4.43 Å². The average molecular weight is 289 g/mol. The van der Waals surface area contributed by atoms with Crippen molar-refractivity contribution in [2.75, 3.05) is 5.75 Å². The molecule has 1 heterocycles. The van der Waals surface area contributed by atoms with Crippen LogP contribution in [0.1, 0.15) is 52.9 Å². The molecule has 106 valence electrons. The van der Waals surface area contributed by atoms with Crippen LogP contribution in [-0.2, 0) is 15.2 Å². The first-order chi connectivity index (χ1) is 8.19. The third kappa shape index (κ3) is 2.36. The van der Waals surface area contributed by atoms with E-state index in [1.807, 2.05) is 0 Å². The normalized spacial score (nSPS) is 37.6. The molecular weight excluding hydrogens is 260 g/mol. The second kappa shape index (κ2) is 4.71. The molecule has 0 aromatic carbocycles. The Hall–Kier alpha value is 0.327. The zero-order chi connectivity index (χ0) is 13.6. The highest BCUT2D eigenvalue weighted by Crippen LogP contribution is 2.48. The predicted octanol–water partition coefficient (Wildman–Crippen LogP) is 3.84. The van der Waals surface area contributed by atoms with Gasteiger partial charge in [-0.05, 0) is 50.2 Å². The number of hydrogen-bond donors (Lipinski definition) is 0. The molecule has 4 heteroatoms. The lowest BCUT2D eigenvalue weighted by Crippen LogP contribution is -2.50. The molecule has 1 aliphatic heterocycles. The lowest BCUT2D eigenvalue weighted by atomic mass is 9.99. The van der Waals surface area contributed by atoms with Gasteiger partial charge in [0, 0.05) is 16.6 Å². The van der Waals surface area contributed by atoms with E-state index in [1.165, 1.54) is 6.42 Å². The maximum Gasteiger partial charge on any atom is 0.192 e. The topological polar surface area (TPSA) is 26.3 Å². The first-order valence-corrected chi connectivity index (χ1v) is 11.5. The van der Waals surface area contributed by atoms with Crippen LogP contribution >= 0.6 is 0 Å². The summed E-state index contributed by atoms with van der Waals surface area (Å²) in [6.07, 6.45) is 5.96. The lowest BCUT2D eigenvalue weighted by molar-refractivity contribution is 0.153. The van der Waals surface area contributed by atoms with Gasteiger partial charge in [0.1, 0.15) is 0 Å². The summed E-state index contributed by atoms with van der Waals surface area (Å²) in [5, 5.41) is 0.247. The molecule has 2 nitrogen and oxygen atoms in total. The van der Waals surface area contributed by atoms with Gasteiger partial charge in [0.15, 0.2) is 8.32 Å². The van der Waals surface area contributed by atoms with Crippen LogP contribution in [0.5, 0.6) is 0 Å². The van der Waals surface area contributed by atoms with Crippen LogP contribution in [0.3, 0.4) is 0 Å². The largest absolute Gasteiger partial charge is 0.412 e. The fourth-order valence-corrected chi connectivity index (χ4v) is 6.59. The maximum atomic E-state index is 12.4. The van der Waals surface area contributed by atoms with E-state index in [2.05, 4.69) is 33.9 Å². The molecule has 1 aliphatic carbocycles. The molecule has 1 unspecified atom stereocenters. The number of rotatable bonds is 2. The smallest absolute Gasteiger partial charge is 0.192 e. The highest BCUT2D eigenvalue weighted by Gasteiger charge is 2.53. The summed E-state index contributed by atoms with van der Waals surface area (Å²) < 4.78 is 19.0.